The minimum atomic E-state index is -1.99. The third kappa shape index (κ3) is 37.3. The van der Waals surface area contributed by atoms with E-state index in [9.17, 15) is 61.0 Å². The minimum Gasteiger partial charge on any atom is -0.394 e. The van der Waals surface area contributed by atoms with Crippen molar-refractivity contribution in [2.24, 2.45) is 0 Å². The number of hydrogen-bond acceptors (Lipinski definition) is 18. The van der Waals surface area contributed by atoms with E-state index in [2.05, 4.69) is 129 Å². The van der Waals surface area contributed by atoms with Gasteiger partial charge in [-0.15, -0.1) is 0 Å². The van der Waals surface area contributed by atoms with Crippen LogP contribution in [0.3, 0.4) is 0 Å². The van der Waals surface area contributed by atoms with Crippen LogP contribution in [0, 0.1) is 0 Å². The molecule has 0 aromatic heterocycles. The molecule has 0 aromatic rings. The molecule has 95 heavy (non-hydrogen) atoms. The van der Waals surface area contributed by atoms with Crippen molar-refractivity contribution in [3.05, 3.63) is 122 Å². The number of aliphatic hydroxyl groups is 11. The first kappa shape index (κ1) is 85.4. The molecule has 0 bridgehead atoms. The summed E-state index contributed by atoms with van der Waals surface area (Å²) in [6.45, 7) is 1.59. The van der Waals surface area contributed by atoms with Crippen molar-refractivity contribution in [1.29, 1.82) is 0 Å². The van der Waals surface area contributed by atoms with E-state index < -0.39 is 124 Å². The summed E-state index contributed by atoms with van der Waals surface area (Å²) in [5.41, 5.74) is 0. The normalized spacial score (nSPS) is 27.9. The maximum atomic E-state index is 13.4. The monoisotopic (exact) mass is 1340 g/mol. The van der Waals surface area contributed by atoms with Gasteiger partial charge in [-0.2, -0.15) is 0 Å². The van der Waals surface area contributed by atoms with Gasteiger partial charge in [0.2, 0.25) is 5.91 Å². The first-order chi connectivity index (χ1) is 46.3. The largest absolute Gasteiger partial charge is 0.394 e. The molecule has 3 heterocycles. The molecule has 544 valence electrons. The molecule has 3 saturated heterocycles. The van der Waals surface area contributed by atoms with Gasteiger partial charge in [-0.3, -0.25) is 4.79 Å². The van der Waals surface area contributed by atoms with Gasteiger partial charge in [0.15, 0.2) is 18.9 Å². The van der Waals surface area contributed by atoms with Crippen LogP contribution >= 0.6 is 0 Å². The number of aliphatic hydroxyl groups excluding tert-OH is 11. The predicted octanol–water partition coefficient (Wildman–Crippen LogP) is 10.4. The van der Waals surface area contributed by atoms with E-state index in [1.807, 2.05) is 6.08 Å². The van der Waals surface area contributed by atoms with Gasteiger partial charge in [-0.1, -0.05) is 245 Å². The number of amides is 1. The molecule has 0 aromatic carbocycles. The molecule has 3 fully saturated rings. The number of nitrogens with one attached hydrogen (secondary N) is 1. The third-order valence-corrected chi connectivity index (χ3v) is 17.3. The Labute approximate surface area is 569 Å². The minimum absolute atomic E-state index is 0.195. The molecule has 3 aliphatic heterocycles. The van der Waals surface area contributed by atoms with Gasteiger partial charge >= 0.3 is 0 Å². The number of carbonyl (C=O) groups is 1. The average Bonchev–Trinajstić information content (AvgIpc) is 0.787. The molecule has 0 aliphatic carbocycles. The molecule has 3 aliphatic rings. The van der Waals surface area contributed by atoms with Crippen LogP contribution in [0.4, 0.5) is 0 Å². The predicted molar refractivity (Wildman–Crippen MR) is 373 cm³/mol. The lowest BCUT2D eigenvalue weighted by molar-refractivity contribution is -0.379. The maximum Gasteiger partial charge on any atom is 0.220 e. The van der Waals surface area contributed by atoms with Crippen LogP contribution in [0.2, 0.25) is 0 Å². The van der Waals surface area contributed by atoms with E-state index in [-0.39, 0.29) is 18.9 Å². The van der Waals surface area contributed by atoms with Crippen LogP contribution in [-0.4, -0.2) is 193 Å². The van der Waals surface area contributed by atoms with Crippen LogP contribution in [0.15, 0.2) is 122 Å². The molecule has 1 amide bonds. The van der Waals surface area contributed by atoms with Gasteiger partial charge < -0.3 is 89.9 Å². The van der Waals surface area contributed by atoms with E-state index in [1.54, 1.807) is 6.08 Å². The summed E-state index contributed by atoms with van der Waals surface area (Å²) in [5, 5.41) is 121. The third-order valence-electron chi connectivity index (χ3n) is 17.3. The first-order valence-electron chi connectivity index (χ1n) is 36.3. The maximum absolute atomic E-state index is 13.4. The van der Waals surface area contributed by atoms with Gasteiger partial charge in [0.05, 0.1) is 38.6 Å². The number of ether oxygens (including phenoxy) is 6. The van der Waals surface area contributed by atoms with Gasteiger partial charge in [0.25, 0.3) is 0 Å². The molecule has 0 saturated carbocycles. The number of hydrogen-bond donors (Lipinski definition) is 12. The van der Waals surface area contributed by atoms with Gasteiger partial charge in [0, 0.05) is 6.42 Å². The number of rotatable bonds is 54. The molecule has 0 spiro atoms. The quantitative estimate of drug-likeness (QED) is 0.0199. The summed E-state index contributed by atoms with van der Waals surface area (Å²) < 4.78 is 34.3. The smallest absolute Gasteiger partial charge is 0.220 e. The van der Waals surface area contributed by atoms with E-state index in [4.69, 9.17) is 28.4 Å². The molecular weight excluding hydrogens is 1210 g/mol. The fourth-order valence-electron chi connectivity index (χ4n) is 11.4. The molecule has 19 nitrogen and oxygen atoms in total. The lowest BCUT2D eigenvalue weighted by Crippen LogP contribution is -2.66. The Morgan fingerprint density at radius 3 is 1.14 bits per heavy atom. The highest BCUT2D eigenvalue weighted by Crippen LogP contribution is 2.33. The zero-order chi connectivity index (χ0) is 68.9. The summed E-state index contributed by atoms with van der Waals surface area (Å²) in [6, 6.07) is -1.00. The number of allylic oxidation sites excluding steroid dienone is 19. The summed E-state index contributed by atoms with van der Waals surface area (Å²) >= 11 is 0. The van der Waals surface area contributed by atoms with Crippen molar-refractivity contribution >= 4 is 5.91 Å². The highest BCUT2D eigenvalue weighted by atomic mass is 16.8. The van der Waals surface area contributed by atoms with E-state index in [0.717, 1.165) is 103 Å². The summed E-state index contributed by atoms with van der Waals surface area (Å²) in [5.74, 6) is -0.312. The fraction of sp³-hybridized carbons (Fsp3) is 0.724. The Morgan fingerprint density at radius 1 is 0.389 bits per heavy atom. The second-order valence-corrected chi connectivity index (χ2v) is 25.3. The van der Waals surface area contributed by atoms with Crippen LogP contribution in [0.1, 0.15) is 219 Å². The number of carbonyl (C=O) groups excluding carboxylic acids is 1. The highest BCUT2D eigenvalue weighted by molar-refractivity contribution is 5.76. The van der Waals surface area contributed by atoms with E-state index >= 15 is 0 Å². The summed E-state index contributed by atoms with van der Waals surface area (Å²) in [4.78, 5) is 13.4. The number of unbranched alkanes of at least 4 members (excludes halogenated alkanes) is 20. The molecule has 17 atom stereocenters. The van der Waals surface area contributed by atoms with Gasteiger partial charge in [0.1, 0.15) is 73.2 Å². The van der Waals surface area contributed by atoms with Crippen molar-refractivity contribution in [3.63, 3.8) is 0 Å². The molecule has 3 rings (SSSR count). The molecule has 0 radical (unpaired) electrons. The molecular formula is C76H127NO18. The molecule has 12 N–H and O–H groups in total. The standard InChI is InChI=1S/C76H127NO18/c1-3-5-7-9-11-13-15-17-19-21-23-24-25-26-27-28-29-30-31-32-33-34-36-38-40-42-44-46-48-50-52-54-64(82)77-59(60(81)53-51-49-47-45-43-41-39-37-35-22-20-18-16-14-12-10-8-6-4-2)58-90-74-70(88)67(85)72(62(56-79)92-74)95-76-71(89)68(86)73(63(57-80)93-76)94-75-69(87)66(84)65(83)61(55-78)91-75/h5,7,11,13,17,19,23-24,26-27,29-30,32-33,36,38,42,44,51,53,59-63,65-76,78-81,83-89H,3-4,6,8-10,12,14-16,18,20-22,25,28,31,34-35,37,39-41,43,45-50,52,54-58H2,1-2H3,(H,77,82)/b7-5-,13-11-,19-17-,24-23-,27-26-,30-29-,33-32-,38-36-,44-42-,53-51+. The Balaban J connectivity index is 1.44. The van der Waals surface area contributed by atoms with Crippen molar-refractivity contribution in [3.8, 4) is 0 Å². The van der Waals surface area contributed by atoms with Crippen molar-refractivity contribution in [1.82, 2.24) is 5.32 Å². The Hall–Kier alpha value is -3.81. The van der Waals surface area contributed by atoms with Gasteiger partial charge in [-0.25, -0.2) is 0 Å². The summed E-state index contributed by atoms with van der Waals surface area (Å²) in [7, 11) is 0. The average molecular weight is 1340 g/mol. The summed E-state index contributed by atoms with van der Waals surface area (Å²) in [6.07, 6.45) is 50.2. The fourth-order valence-corrected chi connectivity index (χ4v) is 11.4. The highest BCUT2D eigenvalue weighted by Gasteiger charge is 2.53. The van der Waals surface area contributed by atoms with Crippen molar-refractivity contribution in [2.45, 2.75) is 324 Å². The van der Waals surface area contributed by atoms with Crippen LogP contribution < -0.4 is 5.32 Å². The van der Waals surface area contributed by atoms with Crippen molar-refractivity contribution < 1.29 is 89.4 Å². The lowest BCUT2D eigenvalue weighted by Gasteiger charge is -2.48. The van der Waals surface area contributed by atoms with Crippen LogP contribution in [0.5, 0.6) is 0 Å². The second kappa shape index (κ2) is 56.0. The van der Waals surface area contributed by atoms with Gasteiger partial charge in [-0.05, 0) is 89.9 Å². The molecule has 19 heteroatoms. The SMILES string of the molecule is CC/C=C\C/C=C\C/C=C\C/C=C\C/C=C\C/C=C\C/C=C\C/C=C\C/C=C\CCCCCC(=O)NC(COC1OC(CO)C(OC2OC(CO)C(OC3OC(CO)C(O)C(O)C3O)C(O)C2O)C(O)C1O)C(O)/C=C/CCCCCCCCCCCCCCCCCCC. The zero-order valence-corrected chi connectivity index (χ0v) is 57.6. The first-order valence-corrected chi connectivity index (χ1v) is 36.3. The van der Waals surface area contributed by atoms with E-state index in [1.165, 1.54) is 89.9 Å². The van der Waals surface area contributed by atoms with Crippen LogP contribution in [-0.2, 0) is 33.2 Å². The zero-order valence-electron chi connectivity index (χ0n) is 57.6. The Bertz CT molecular complexity index is 2190. The Kier molecular flexibility index (Phi) is 50.3. The second-order valence-electron chi connectivity index (χ2n) is 25.3. The lowest BCUT2D eigenvalue weighted by atomic mass is 9.96. The topological polar surface area (TPSA) is 307 Å². The van der Waals surface area contributed by atoms with Crippen molar-refractivity contribution in [2.75, 3.05) is 26.4 Å². The Morgan fingerprint density at radius 2 is 0.726 bits per heavy atom. The van der Waals surface area contributed by atoms with Crippen LogP contribution in [0.25, 0.3) is 0 Å². The molecule has 17 unspecified atom stereocenters. The van der Waals surface area contributed by atoms with E-state index in [0.29, 0.717) is 6.42 Å².